The maximum absolute atomic E-state index is 12.4. The normalized spacial score (nSPS) is 10.4. The number of carbonyl (C=O) groups excluding carboxylic acids is 1. The van der Waals surface area contributed by atoms with E-state index >= 15 is 0 Å². The molecule has 1 heterocycles. The highest BCUT2D eigenvalue weighted by atomic mass is 16.6. The average molecular weight is 446 g/mol. The summed E-state index contributed by atoms with van der Waals surface area (Å²) in [4.78, 5) is 27.3. The fraction of sp³-hybridized carbons (Fsp3) is 0.0870. The quantitative estimate of drug-likeness (QED) is 0.298. The molecule has 10 nitrogen and oxygen atoms in total. The first kappa shape index (κ1) is 21.5. The number of nitro benzene ring substituents is 1. The minimum absolute atomic E-state index is 0.00546. The molecule has 0 atom stereocenters. The maximum Gasteiger partial charge on any atom is 0.310 e. The number of carbonyl (C=O) groups is 1. The van der Waals surface area contributed by atoms with Crippen molar-refractivity contribution in [3.63, 3.8) is 0 Å². The second-order valence-electron chi connectivity index (χ2n) is 6.72. The van der Waals surface area contributed by atoms with E-state index in [9.17, 15) is 14.9 Å². The lowest BCUT2D eigenvalue weighted by Gasteiger charge is -2.10. The van der Waals surface area contributed by atoms with Crippen LogP contribution in [0, 0.1) is 10.1 Å². The van der Waals surface area contributed by atoms with Gasteiger partial charge in [-0.1, -0.05) is 47.6 Å². The average Bonchev–Trinajstić information content (AvgIpc) is 3.31. The van der Waals surface area contributed by atoms with Crippen LogP contribution in [0.4, 0.5) is 11.4 Å². The Morgan fingerprint density at radius 3 is 2.52 bits per heavy atom. The molecular formula is C23H18N4O6. The Balaban J connectivity index is 1.41. The highest BCUT2D eigenvalue weighted by Crippen LogP contribution is 2.28. The Hall–Kier alpha value is -4.73. The van der Waals surface area contributed by atoms with E-state index in [0.29, 0.717) is 22.8 Å². The molecule has 3 aromatic carbocycles. The number of aromatic nitrogens is 2. The number of benzene rings is 3. The number of ether oxygens (including phenoxy) is 2. The van der Waals surface area contributed by atoms with E-state index in [-0.39, 0.29) is 23.9 Å². The summed E-state index contributed by atoms with van der Waals surface area (Å²) in [6.45, 7) is -0.301. The van der Waals surface area contributed by atoms with E-state index in [2.05, 4.69) is 15.5 Å². The van der Waals surface area contributed by atoms with E-state index in [0.717, 1.165) is 0 Å². The molecule has 0 bridgehead atoms. The summed E-state index contributed by atoms with van der Waals surface area (Å²) in [5, 5.41) is 17.7. The minimum atomic E-state index is -0.572. The van der Waals surface area contributed by atoms with Gasteiger partial charge in [0.15, 0.2) is 19.0 Å². The van der Waals surface area contributed by atoms with Gasteiger partial charge in [-0.25, -0.2) is 0 Å². The van der Waals surface area contributed by atoms with Crippen LogP contribution in [0.15, 0.2) is 83.4 Å². The Morgan fingerprint density at radius 1 is 0.970 bits per heavy atom. The highest BCUT2D eigenvalue weighted by molar-refractivity contribution is 5.95. The predicted octanol–water partition coefficient (Wildman–Crippen LogP) is 4.24. The van der Waals surface area contributed by atoms with Gasteiger partial charge >= 0.3 is 5.69 Å². The molecule has 0 saturated heterocycles. The van der Waals surface area contributed by atoms with Crippen LogP contribution in [0.3, 0.4) is 0 Å². The van der Waals surface area contributed by atoms with Crippen LogP contribution in [0.25, 0.3) is 11.5 Å². The number of amides is 1. The van der Waals surface area contributed by atoms with E-state index in [4.69, 9.17) is 14.0 Å². The molecule has 0 radical (unpaired) electrons. The smallest absolute Gasteiger partial charge is 0.310 e. The van der Waals surface area contributed by atoms with Gasteiger partial charge in [0.05, 0.1) is 16.2 Å². The summed E-state index contributed by atoms with van der Waals surface area (Å²) in [7, 11) is 0. The molecule has 1 aromatic heterocycles. The molecule has 166 valence electrons. The molecule has 33 heavy (non-hydrogen) atoms. The summed E-state index contributed by atoms with van der Waals surface area (Å²) in [5.41, 5.74) is 0.713. The van der Waals surface area contributed by atoms with E-state index in [1.807, 2.05) is 30.3 Å². The van der Waals surface area contributed by atoms with Gasteiger partial charge in [0, 0.05) is 6.07 Å². The van der Waals surface area contributed by atoms with Gasteiger partial charge in [0.25, 0.3) is 11.8 Å². The van der Waals surface area contributed by atoms with Crippen molar-refractivity contribution in [2.45, 2.75) is 6.61 Å². The number of nitrogens with one attached hydrogen (secondary N) is 1. The zero-order valence-corrected chi connectivity index (χ0v) is 17.2. The number of para-hydroxylation sites is 4. The number of anilines is 1. The lowest BCUT2D eigenvalue weighted by Crippen LogP contribution is -2.20. The topological polar surface area (TPSA) is 130 Å². The first-order valence-corrected chi connectivity index (χ1v) is 9.86. The van der Waals surface area contributed by atoms with E-state index in [1.165, 1.54) is 18.2 Å². The Bertz CT molecular complexity index is 1260. The summed E-state index contributed by atoms with van der Waals surface area (Å²) < 4.78 is 16.3. The second-order valence-corrected chi connectivity index (χ2v) is 6.72. The standard InChI is InChI=1S/C23H18N4O6/c28-22(15-32-20-13-7-6-12-19(20)27(29)30)24-18-11-5-4-10-17(18)23-25-21(26-33-23)14-31-16-8-2-1-3-9-16/h1-13H,14-15H2,(H,24,28). The van der Waals surface area contributed by atoms with Crippen molar-refractivity contribution >= 4 is 17.3 Å². The zero-order chi connectivity index (χ0) is 23.0. The number of nitrogens with zero attached hydrogens (tertiary/aromatic N) is 3. The van der Waals surface area contributed by atoms with Crippen molar-refractivity contribution in [2.75, 3.05) is 11.9 Å². The Morgan fingerprint density at radius 2 is 1.70 bits per heavy atom. The second kappa shape index (κ2) is 10.1. The molecule has 0 saturated carbocycles. The lowest BCUT2D eigenvalue weighted by atomic mass is 10.1. The molecule has 0 aliphatic carbocycles. The van der Waals surface area contributed by atoms with Crippen molar-refractivity contribution in [3.05, 3.63) is 94.8 Å². The highest BCUT2D eigenvalue weighted by Gasteiger charge is 2.17. The molecule has 10 heteroatoms. The number of rotatable bonds is 9. The van der Waals surface area contributed by atoms with Crippen molar-refractivity contribution in [1.82, 2.24) is 10.1 Å². The van der Waals surface area contributed by atoms with Gasteiger partial charge in [-0.3, -0.25) is 14.9 Å². The van der Waals surface area contributed by atoms with Gasteiger partial charge in [-0.15, -0.1) is 0 Å². The zero-order valence-electron chi connectivity index (χ0n) is 17.2. The van der Waals surface area contributed by atoms with Gasteiger partial charge in [0.1, 0.15) is 5.75 Å². The number of hydrogen-bond acceptors (Lipinski definition) is 8. The first-order chi connectivity index (χ1) is 16.1. The largest absolute Gasteiger partial charge is 0.485 e. The van der Waals surface area contributed by atoms with Crippen molar-refractivity contribution < 1.29 is 23.7 Å². The van der Waals surface area contributed by atoms with Gasteiger partial charge in [0.2, 0.25) is 5.82 Å². The van der Waals surface area contributed by atoms with Crippen molar-refractivity contribution in [2.24, 2.45) is 0 Å². The van der Waals surface area contributed by atoms with Crippen LogP contribution < -0.4 is 14.8 Å². The first-order valence-electron chi connectivity index (χ1n) is 9.86. The molecule has 0 unspecified atom stereocenters. The monoisotopic (exact) mass is 446 g/mol. The molecular weight excluding hydrogens is 428 g/mol. The van der Waals surface area contributed by atoms with Gasteiger partial charge in [-0.2, -0.15) is 4.98 Å². The summed E-state index contributed by atoms with van der Waals surface area (Å²) >= 11 is 0. The summed E-state index contributed by atoms with van der Waals surface area (Å²) in [6, 6.07) is 22.0. The minimum Gasteiger partial charge on any atom is -0.485 e. The SMILES string of the molecule is O=C(COc1ccccc1[N+](=O)[O-])Nc1ccccc1-c1nc(COc2ccccc2)no1. The van der Waals surface area contributed by atoms with Crippen LogP contribution in [0.1, 0.15) is 5.82 Å². The molecule has 4 rings (SSSR count). The molecule has 0 spiro atoms. The fourth-order valence-electron chi connectivity index (χ4n) is 2.92. The van der Waals surface area contributed by atoms with Crippen LogP contribution >= 0.6 is 0 Å². The molecule has 0 aliphatic heterocycles. The van der Waals surface area contributed by atoms with Gasteiger partial charge < -0.3 is 19.3 Å². The van der Waals surface area contributed by atoms with Gasteiger partial charge in [-0.05, 0) is 30.3 Å². The molecule has 0 aliphatic rings. The third kappa shape index (κ3) is 5.50. The van der Waals surface area contributed by atoms with Crippen LogP contribution in [0.2, 0.25) is 0 Å². The number of hydrogen-bond donors (Lipinski definition) is 1. The summed E-state index contributed by atoms with van der Waals surface area (Å²) in [5.74, 6) is 0.723. The number of nitro groups is 1. The molecule has 1 N–H and O–H groups in total. The van der Waals surface area contributed by atoms with Crippen LogP contribution in [-0.2, 0) is 11.4 Å². The van der Waals surface area contributed by atoms with E-state index < -0.39 is 17.4 Å². The van der Waals surface area contributed by atoms with Crippen LogP contribution in [0.5, 0.6) is 11.5 Å². The third-order valence-corrected chi connectivity index (χ3v) is 4.43. The molecule has 1 amide bonds. The lowest BCUT2D eigenvalue weighted by molar-refractivity contribution is -0.385. The molecule has 0 fully saturated rings. The third-order valence-electron chi connectivity index (χ3n) is 4.43. The van der Waals surface area contributed by atoms with Crippen molar-refractivity contribution in [3.8, 4) is 23.0 Å². The van der Waals surface area contributed by atoms with E-state index in [1.54, 1.807) is 30.3 Å². The van der Waals surface area contributed by atoms with Crippen molar-refractivity contribution in [1.29, 1.82) is 0 Å². The van der Waals surface area contributed by atoms with Crippen LogP contribution in [-0.4, -0.2) is 27.6 Å². The Kier molecular flexibility index (Phi) is 6.55. The predicted molar refractivity (Wildman–Crippen MR) is 118 cm³/mol. The Labute approximate surface area is 187 Å². The maximum atomic E-state index is 12.4. The fourth-order valence-corrected chi connectivity index (χ4v) is 2.92. The molecule has 4 aromatic rings. The summed E-state index contributed by atoms with van der Waals surface area (Å²) in [6.07, 6.45) is 0.